The van der Waals surface area contributed by atoms with Crippen LogP contribution < -0.4 is 10.7 Å². The second-order valence-electron chi connectivity index (χ2n) is 5.48. The first-order valence-corrected chi connectivity index (χ1v) is 7.66. The average Bonchev–Trinajstić information content (AvgIpc) is 2.53. The van der Waals surface area contributed by atoms with Crippen molar-refractivity contribution in [3.05, 3.63) is 75.3 Å². The highest BCUT2D eigenvalue weighted by Crippen LogP contribution is 2.20. The lowest BCUT2D eigenvalue weighted by Gasteiger charge is -2.12. The maximum atomic E-state index is 13.3. The van der Waals surface area contributed by atoms with Gasteiger partial charge in [0.25, 0.3) is 0 Å². The Bertz CT molecular complexity index is 998. The number of benzene rings is 2. The molecule has 1 amide bonds. The monoisotopic (exact) mass is 344 g/mol. The standard InChI is InChI=1S/C18H14ClFN2O2/c1-11-8-12(19)2-4-15(11)21-18(24)10-22-7-6-17(23)14-9-13(20)3-5-16(14)22/h2-9H,10H2,1H3,(H,21,24). The summed E-state index contributed by atoms with van der Waals surface area (Å²) in [5, 5.41) is 3.65. The Labute approximate surface area is 142 Å². The molecule has 122 valence electrons. The zero-order valence-electron chi connectivity index (χ0n) is 12.8. The van der Waals surface area contributed by atoms with Gasteiger partial charge in [-0.1, -0.05) is 11.6 Å². The number of hydrogen-bond donors (Lipinski definition) is 1. The van der Waals surface area contributed by atoms with Crippen molar-refractivity contribution in [2.75, 3.05) is 5.32 Å². The molecule has 3 rings (SSSR count). The van der Waals surface area contributed by atoms with E-state index in [2.05, 4.69) is 5.32 Å². The Hall–Kier alpha value is -2.66. The number of halogens is 2. The number of carbonyl (C=O) groups excluding carboxylic acids is 1. The van der Waals surface area contributed by atoms with Gasteiger partial charge in [0.15, 0.2) is 5.43 Å². The average molecular weight is 345 g/mol. The van der Waals surface area contributed by atoms with Crippen molar-refractivity contribution in [2.24, 2.45) is 0 Å². The third kappa shape index (κ3) is 3.31. The zero-order valence-corrected chi connectivity index (χ0v) is 13.6. The van der Waals surface area contributed by atoms with Crippen LogP contribution in [-0.2, 0) is 11.3 Å². The fraction of sp³-hybridized carbons (Fsp3) is 0.111. The second-order valence-corrected chi connectivity index (χ2v) is 5.91. The SMILES string of the molecule is Cc1cc(Cl)ccc1NC(=O)Cn1ccc(=O)c2cc(F)ccc21. The van der Waals surface area contributed by atoms with Crippen LogP contribution >= 0.6 is 11.6 Å². The highest BCUT2D eigenvalue weighted by molar-refractivity contribution is 6.30. The molecule has 1 aromatic heterocycles. The Morgan fingerprint density at radius 2 is 2.00 bits per heavy atom. The van der Waals surface area contributed by atoms with Crippen LogP contribution in [0.5, 0.6) is 0 Å². The van der Waals surface area contributed by atoms with Gasteiger partial charge in [-0.25, -0.2) is 4.39 Å². The molecule has 0 fully saturated rings. The van der Waals surface area contributed by atoms with Gasteiger partial charge in [-0.3, -0.25) is 9.59 Å². The van der Waals surface area contributed by atoms with Crippen LogP contribution in [-0.4, -0.2) is 10.5 Å². The summed E-state index contributed by atoms with van der Waals surface area (Å²) in [4.78, 5) is 24.1. The lowest BCUT2D eigenvalue weighted by Crippen LogP contribution is -2.20. The molecule has 6 heteroatoms. The summed E-state index contributed by atoms with van der Waals surface area (Å²) in [7, 11) is 0. The van der Waals surface area contributed by atoms with Crippen molar-refractivity contribution in [1.29, 1.82) is 0 Å². The van der Waals surface area contributed by atoms with Gasteiger partial charge in [0.1, 0.15) is 12.4 Å². The summed E-state index contributed by atoms with van der Waals surface area (Å²) in [5.74, 6) is -0.742. The number of nitrogens with zero attached hydrogens (tertiary/aromatic N) is 1. The van der Waals surface area contributed by atoms with Crippen molar-refractivity contribution >= 4 is 34.1 Å². The van der Waals surface area contributed by atoms with Gasteiger partial charge < -0.3 is 9.88 Å². The van der Waals surface area contributed by atoms with Gasteiger partial charge in [0.05, 0.1) is 5.52 Å². The van der Waals surface area contributed by atoms with E-state index in [9.17, 15) is 14.0 Å². The van der Waals surface area contributed by atoms with E-state index in [-0.39, 0.29) is 23.3 Å². The number of pyridine rings is 1. The summed E-state index contributed by atoms with van der Waals surface area (Å²) in [6, 6.07) is 10.4. The maximum Gasteiger partial charge on any atom is 0.244 e. The van der Waals surface area contributed by atoms with Crippen LogP contribution in [0.4, 0.5) is 10.1 Å². The van der Waals surface area contributed by atoms with Crippen LogP contribution in [0.25, 0.3) is 10.9 Å². The predicted molar refractivity (Wildman–Crippen MR) is 93.0 cm³/mol. The molecule has 0 bridgehead atoms. The number of anilines is 1. The Balaban J connectivity index is 1.88. The number of carbonyl (C=O) groups is 1. The maximum absolute atomic E-state index is 13.3. The minimum atomic E-state index is -0.487. The van der Waals surface area contributed by atoms with Crippen molar-refractivity contribution in [2.45, 2.75) is 13.5 Å². The third-order valence-corrected chi connectivity index (χ3v) is 3.95. The highest BCUT2D eigenvalue weighted by Gasteiger charge is 2.09. The van der Waals surface area contributed by atoms with Gasteiger partial charge in [-0.15, -0.1) is 0 Å². The summed E-state index contributed by atoms with van der Waals surface area (Å²) >= 11 is 5.90. The van der Waals surface area contributed by atoms with Gasteiger partial charge in [0, 0.05) is 28.4 Å². The number of amides is 1. The molecule has 0 unspecified atom stereocenters. The van der Waals surface area contributed by atoms with Crippen LogP contribution in [0.2, 0.25) is 5.02 Å². The lowest BCUT2D eigenvalue weighted by molar-refractivity contribution is -0.116. The number of fused-ring (bicyclic) bond motifs is 1. The van der Waals surface area contributed by atoms with Gasteiger partial charge in [0.2, 0.25) is 5.91 Å². The molecule has 1 N–H and O–H groups in total. The van der Waals surface area contributed by atoms with E-state index in [1.165, 1.54) is 30.5 Å². The number of aromatic nitrogens is 1. The van der Waals surface area contributed by atoms with Crippen LogP contribution in [0.3, 0.4) is 0 Å². The van der Waals surface area contributed by atoms with Crippen LogP contribution in [0, 0.1) is 12.7 Å². The molecular weight excluding hydrogens is 331 g/mol. The van der Waals surface area contributed by atoms with E-state index >= 15 is 0 Å². The van der Waals surface area contributed by atoms with Crippen LogP contribution in [0.15, 0.2) is 53.5 Å². The van der Waals surface area contributed by atoms with Gasteiger partial charge in [-0.05, 0) is 48.9 Å². The van der Waals surface area contributed by atoms with E-state index in [1.54, 1.807) is 22.8 Å². The quantitative estimate of drug-likeness (QED) is 0.787. The molecule has 0 radical (unpaired) electrons. The van der Waals surface area contributed by atoms with E-state index < -0.39 is 5.82 Å². The van der Waals surface area contributed by atoms with Crippen molar-refractivity contribution < 1.29 is 9.18 Å². The molecule has 0 saturated carbocycles. The Morgan fingerprint density at radius 3 is 2.75 bits per heavy atom. The highest BCUT2D eigenvalue weighted by atomic mass is 35.5. The largest absolute Gasteiger partial charge is 0.338 e. The van der Waals surface area contributed by atoms with Gasteiger partial charge in [-0.2, -0.15) is 0 Å². The van der Waals surface area contributed by atoms with Crippen LogP contribution in [0.1, 0.15) is 5.56 Å². The molecule has 1 heterocycles. The summed E-state index contributed by atoms with van der Waals surface area (Å²) in [6.45, 7) is 1.85. The first-order chi connectivity index (χ1) is 11.4. The number of aryl methyl sites for hydroxylation is 1. The van der Waals surface area contributed by atoms with E-state index in [1.807, 2.05) is 6.92 Å². The number of nitrogens with one attached hydrogen (secondary N) is 1. The smallest absolute Gasteiger partial charge is 0.244 e. The fourth-order valence-electron chi connectivity index (χ4n) is 2.53. The van der Waals surface area contributed by atoms with Crippen molar-refractivity contribution in [3.8, 4) is 0 Å². The lowest BCUT2D eigenvalue weighted by atomic mass is 10.2. The molecule has 3 aromatic rings. The fourth-order valence-corrected chi connectivity index (χ4v) is 2.76. The summed E-state index contributed by atoms with van der Waals surface area (Å²) in [5.41, 5.74) is 1.74. The summed E-state index contributed by atoms with van der Waals surface area (Å²) in [6.07, 6.45) is 1.52. The molecule has 0 atom stereocenters. The first kappa shape index (κ1) is 16.2. The Kier molecular flexibility index (Phi) is 4.36. The topological polar surface area (TPSA) is 51.1 Å². The van der Waals surface area contributed by atoms with Crippen molar-refractivity contribution in [3.63, 3.8) is 0 Å². The minimum Gasteiger partial charge on any atom is -0.338 e. The molecule has 4 nitrogen and oxygen atoms in total. The first-order valence-electron chi connectivity index (χ1n) is 7.29. The van der Waals surface area contributed by atoms with E-state index in [0.717, 1.165) is 5.56 Å². The molecule has 0 saturated heterocycles. The zero-order chi connectivity index (χ0) is 17.3. The molecule has 0 spiro atoms. The molecule has 0 aliphatic rings. The molecule has 0 aliphatic heterocycles. The molecular formula is C18H14ClFN2O2. The third-order valence-electron chi connectivity index (χ3n) is 3.72. The summed E-state index contributed by atoms with van der Waals surface area (Å²) < 4.78 is 14.9. The Morgan fingerprint density at radius 1 is 1.21 bits per heavy atom. The molecule has 24 heavy (non-hydrogen) atoms. The van der Waals surface area contributed by atoms with Crippen molar-refractivity contribution in [1.82, 2.24) is 4.57 Å². The van der Waals surface area contributed by atoms with E-state index in [0.29, 0.717) is 16.2 Å². The van der Waals surface area contributed by atoms with Gasteiger partial charge >= 0.3 is 0 Å². The number of hydrogen-bond acceptors (Lipinski definition) is 2. The second kappa shape index (κ2) is 6.45. The normalized spacial score (nSPS) is 10.8. The molecule has 0 aliphatic carbocycles. The minimum absolute atomic E-state index is 0.00444. The molecule has 2 aromatic carbocycles. The number of rotatable bonds is 3. The van der Waals surface area contributed by atoms with E-state index in [4.69, 9.17) is 11.6 Å². The predicted octanol–water partition coefficient (Wildman–Crippen LogP) is 3.74.